The number of unbranched alkanes of at least 4 members (excludes halogenated alkanes) is 1. The number of hydrogen-bond acceptors (Lipinski definition) is 2. The Bertz CT molecular complexity index is 183. The molecule has 0 unspecified atom stereocenters. The first-order chi connectivity index (χ1) is 6.71. The van der Waals surface area contributed by atoms with Crippen LogP contribution in [0.15, 0.2) is 0 Å². The molecule has 0 spiro atoms. The van der Waals surface area contributed by atoms with E-state index in [0.717, 1.165) is 44.9 Å². The van der Waals surface area contributed by atoms with Crippen LogP contribution in [0.4, 0.5) is 0 Å². The third-order valence-electron chi connectivity index (χ3n) is 3.33. The average molecular weight is 200 g/mol. The molecule has 0 aromatic heterocycles. The van der Waals surface area contributed by atoms with Gasteiger partial charge >= 0.3 is 5.97 Å². The first-order valence-corrected chi connectivity index (χ1v) is 5.55. The quantitative estimate of drug-likeness (QED) is 0.669. The Morgan fingerprint density at radius 1 is 1.14 bits per heavy atom. The highest BCUT2D eigenvalue weighted by atomic mass is 16.4. The zero-order valence-corrected chi connectivity index (χ0v) is 8.67. The van der Waals surface area contributed by atoms with Crippen molar-refractivity contribution in [3.63, 3.8) is 0 Å². The molecule has 0 aromatic carbocycles. The summed E-state index contributed by atoms with van der Waals surface area (Å²) >= 11 is 0. The number of aliphatic hydroxyl groups excluding tert-OH is 1. The minimum atomic E-state index is -0.630. The van der Waals surface area contributed by atoms with Crippen LogP contribution in [-0.2, 0) is 4.79 Å². The molecule has 1 saturated carbocycles. The summed E-state index contributed by atoms with van der Waals surface area (Å²) in [5.41, 5.74) is -0.465. The molecular weight excluding hydrogens is 180 g/mol. The fraction of sp³-hybridized carbons (Fsp3) is 0.909. The van der Waals surface area contributed by atoms with E-state index in [2.05, 4.69) is 0 Å². The maximum atomic E-state index is 11.2. The third kappa shape index (κ3) is 2.71. The molecule has 0 amide bonds. The lowest BCUT2D eigenvalue weighted by atomic mass is 9.71. The van der Waals surface area contributed by atoms with E-state index >= 15 is 0 Å². The van der Waals surface area contributed by atoms with E-state index in [4.69, 9.17) is 5.11 Å². The highest BCUT2D eigenvalue weighted by molar-refractivity contribution is 5.74. The van der Waals surface area contributed by atoms with Crippen LogP contribution in [0.3, 0.4) is 0 Å². The van der Waals surface area contributed by atoms with Gasteiger partial charge in [0.2, 0.25) is 0 Å². The number of aliphatic hydroxyl groups is 1. The summed E-state index contributed by atoms with van der Waals surface area (Å²) in [5, 5.41) is 17.9. The predicted molar refractivity (Wildman–Crippen MR) is 54.1 cm³/mol. The SMILES string of the molecule is O=C(O)C1(CCCCO)CCCCC1. The zero-order chi connectivity index (χ0) is 10.4. The summed E-state index contributed by atoms with van der Waals surface area (Å²) in [5.74, 6) is -0.630. The second kappa shape index (κ2) is 5.35. The van der Waals surface area contributed by atoms with Gasteiger partial charge in [-0.05, 0) is 25.7 Å². The van der Waals surface area contributed by atoms with Crippen LogP contribution in [0.1, 0.15) is 51.4 Å². The molecule has 0 aliphatic heterocycles. The molecule has 14 heavy (non-hydrogen) atoms. The summed E-state index contributed by atoms with van der Waals surface area (Å²) in [4.78, 5) is 11.2. The van der Waals surface area contributed by atoms with Crippen molar-refractivity contribution in [3.8, 4) is 0 Å². The van der Waals surface area contributed by atoms with Gasteiger partial charge in [0.25, 0.3) is 0 Å². The van der Waals surface area contributed by atoms with E-state index in [1.165, 1.54) is 6.42 Å². The predicted octanol–water partition coefficient (Wildman–Crippen LogP) is 2.18. The van der Waals surface area contributed by atoms with Crippen LogP contribution in [0.25, 0.3) is 0 Å². The number of carboxylic acids is 1. The van der Waals surface area contributed by atoms with Crippen molar-refractivity contribution in [2.75, 3.05) is 6.61 Å². The lowest BCUT2D eigenvalue weighted by Crippen LogP contribution is -2.33. The van der Waals surface area contributed by atoms with Crippen molar-refractivity contribution in [3.05, 3.63) is 0 Å². The summed E-state index contributed by atoms with van der Waals surface area (Å²) in [6.07, 6.45) is 7.23. The van der Waals surface area contributed by atoms with Crippen LogP contribution in [0.2, 0.25) is 0 Å². The van der Waals surface area contributed by atoms with Crippen molar-refractivity contribution in [2.24, 2.45) is 5.41 Å². The van der Waals surface area contributed by atoms with Gasteiger partial charge in [-0.15, -0.1) is 0 Å². The lowest BCUT2D eigenvalue weighted by Gasteiger charge is -2.33. The van der Waals surface area contributed by atoms with Gasteiger partial charge in [-0.25, -0.2) is 0 Å². The molecule has 0 saturated heterocycles. The minimum absolute atomic E-state index is 0.176. The van der Waals surface area contributed by atoms with Gasteiger partial charge in [0.15, 0.2) is 0 Å². The monoisotopic (exact) mass is 200 g/mol. The second-order valence-electron chi connectivity index (χ2n) is 4.33. The minimum Gasteiger partial charge on any atom is -0.481 e. The molecule has 1 aliphatic carbocycles. The number of carboxylic acid groups (broad SMARTS) is 1. The van der Waals surface area contributed by atoms with E-state index in [-0.39, 0.29) is 6.61 Å². The Labute approximate surface area is 85.1 Å². The van der Waals surface area contributed by atoms with Crippen molar-refractivity contribution in [2.45, 2.75) is 51.4 Å². The lowest BCUT2D eigenvalue weighted by molar-refractivity contribution is -0.151. The molecule has 0 heterocycles. The van der Waals surface area contributed by atoms with Gasteiger partial charge in [-0.1, -0.05) is 25.7 Å². The van der Waals surface area contributed by atoms with Crippen molar-refractivity contribution in [1.29, 1.82) is 0 Å². The molecule has 82 valence electrons. The highest BCUT2D eigenvalue weighted by Crippen LogP contribution is 2.40. The second-order valence-corrected chi connectivity index (χ2v) is 4.33. The normalized spacial score (nSPS) is 20.6. The number of aliphatic carboxylic acids is 1. The van der Waals surface area contributed by atoms with Crippen LogP contribution in [0, 0.1) is 5.41 Å². The van der Waals surface area contributed by atoms with Crippen LogP contribution in [-0.4, -0.2) is 22.8 Å². The highest BCUT2D eigenvalue weighted by Gasteiger charge is 2.38. The average Bonchev–Trinajstić information content (AvgIpc) is 2.19. The summed E-state index contributed by atoms with van der Waals surface area (Å²) in [6, 6.07) is 0. The third-order valence-corrected chi connectivity index (χ3v) is 3.33. The van der Waals surface area contributed by atoms with Crippen molar-refractivity contribution >= 4 is 5.97 Å². The fourth-order valence-corrected chi connectivity index (χ4v) is 2.37. The van der Waals surface area contributed by atoms with Crippen molar-refractivity contribution in [1.82, 2.24) is 0 Å². The summed E-state index contributed by atoms with van der Waals surface area (Å²) < 4.78 is 0. The van der Waals surface area contributed by atoms with E-state index in [1.807, 2.05) is 0 Å². The topological polar surface area (TPSA) is 57.5 Å². The number of hydrogen-bond donors (Lipinski definition) is 2. The molecule has 3 nitrogen and oxygen atoms in total. The Morgan fingerprint density at radius 2 is 1.79 bits per heavy atom. The number of carbonyl (C=O) groups is 1. The van der Waals surface area contributed by atoms with E-state index < -0.39 is 11.4 Å². The van der Waals surface area contributed by atoms with E-state index in [0.29, 0.717) is 0 Å². The smallest absolute Gasteiger partial charge is 0.309 e. The van der Waals surface area contributed by atoms with Gasteiger partial charge in [0.1, 0.15) is 0 Å². The standard InChI is InChI=1S/C11H20O3/c12-9-5-4-8-11(10(13)14)6-2-1-3-7-11/h12H,1-9H2,(H,13,14). The molecule has 1 rings (SSSR count). The van der Waals surface area contributed by atoms with Crippen LogP contribution < -0.4 is 0 Å². The molecule has 0 bridgehead atoms. The van der Waals surface area contributed by atoms with Gasteiger partial charge in [-0.3, -0.25) is 4.79 Å². The molecule has 0 radical (unpaired) electrons. The molecule has 0 atom stereocenters. The van der Waals surface area contributed by atoms with Gasteiger partial charge in [-0.2, -0.15) is 0 Å². The Morgan fingerprint density at radius 3 is 2.29 bits per heavy atom. The molecule has 1 aliphatic rings. The molecule has 2 N–H and O–H groups in total. The summed E-state index contributed by atoms with van der Waals surface area (Å²) in [7, 11) is 0. The van der Waals surface area contributed by atoms with Gasteiger partial charge in [0.05, 0.1) is 5.41 Å². The first kappa shape index (κ1) is 11.5. The van der Waals surface area contributed by atoms with Crippen LogP contribution >= 0.6 is 0 Å². The van der Waals surface area contributed by atoms with E-state index in [1.54, 1.807) is 0 Å². The molecule has 3 heteroatoms. The Balaban J connectivity index is 2.47. The largest absolute Gasteiger partial charge is 0.481 e. The number of rotatable bonds is 5. The Hall–Kier alpha value is -0.570. The molecule has 1 fully saturated rings. The zero-order valence-electron chi connectivity index (χ0n) is 8.67. The molecule has 0 aromatic rings. The van der Waals surface area contributed by atoms with Crippen LogP contribution in [0.5, 0.6) is 0 Å². The van der Waals surface area contributed by atoms with Gasteiger partial charge < -0.3 is 10.2 Å². The van der Waals surface area contributed by atoms with Crippen molar-refractivity contribution < 1.29 is 15.0 Å². The summed E-state index contributed by atoms with van der Waals surface area (Å²) in [6.45, 7) is 0.176. The van der Waals surface area contributed by atoms with Gasteiger partial charge in [0, 0.05) is 6.61 Å². The fourth-order valence-electron chi connectivity index (χ4n) is 2.37. The maximum Gasteiger partial charge on any atom is 0.309 e. The Kier molecular flexibility index (Phi) is 4.39. The molecular formula is C11H20O3. The first-order valence-electron chi connectivity index (χ1n) is 5.55. The maximum absolute atomic E-state index is 11.2. The van der Waals surface area contributed by atoms with E-state index in [9.17, 15) is 9.90 Å².